The van der Waals surface area contributed by atoms with Crippen molar-refractivity contribution in [3.05, 3.63) is 29.8 Å². The normalized spacial score (nSPS) is 36.8. The van der Waals surface area contributed by atoms with Crippen LogP contribution < -0.4 is 0 Å². The van der Waals surface area contributed by atoms with E-state index in [4.69, 9.17) is 4.74 Å². The molecule has 20 heavy (non-hydrogen) atoms. The molecule has 0 bridgehead atoms. The van der Waals surface area contributed by atoms with E-state index in [0.29, 0.717) is 4.90 Å². The van der Waals surface area contributed by atoms with Crippen molar-refractivity contribution in [3.63, 3.8) is 0 Å². The molecular formula is C14H16N2O3S. The van der Waals surface area contributed by atoms with Gasteiger partial charge in [-0.05, 0) is 26.0 Å². The number of benzene rings is 1. The summed E-state index contributed by atoms with van der Waals surface area (Å²) in [6.07, 6.45) is 0. The lowest BCUT2D eigenvalue weighted by Gasteiger charge is -2.30. The molecule has 0 amide bonds. The number of ether oxygens (including phenoxy) is 1. The fourth-order valence-corrected chi connectivity index (χ4v) is 4.36. The number of hydrogen-bond acceptors (Lipinski definition) is 5. The van der Waals surface area contributed by atoms with E-state index in [9.17, 15) is 9.00 Å². The molecule has 2 aliphatic heterocycles. The second-order valence-corrected chi connectivity index (χ2v) is 7.21. The van der Waals surface area contributed by atoms with Crippen LogP contribution in [0.4, 0.5) is 0 Å². The molecule has 0 unspecified atom stereocenters. The van der Waals surface area contributed by atoms with Gasteiger partial charge in [0.1, 0.15) is 6.61 Å². The highest BCUT2D eigenvalue weighted by Gasteiger charge is 2.70. The molecule has 0 saturated carbocycles. The van der Waals surface area contributed by atoms with Gasteiger partial charge in [0.15, 0.2) is 0 Å². The predicted molar refractivity (Wildman–Crippen MR) is 73.7 cm³/mol. The van der Waals surface area contributed by atoms with E-state index < -0.39 is 27.1 Å². The smallest absolute Gasteiger partial charge is 0.350 e. The van der Waals surface area contributed by atoms with Crippen molar-refractivity contribution in [1.82, 2.24) is 0 Å². The lowest BCUT2D eigenvalue weighted by atomic mass is 9.80. The molecule has 0 spiro atoms. The van der Waals surface area contributed by atoms with Gasteiger partial charge in [0.2, 0.25) is 0 Å². The lowest BCUT2D eigenvalue weighted by Crippen LogP contribution is -2.50. The highest BCUT2D eigenvalue weighted by atomic mass is 32.2. The van der Waals surface area contributed by atoms with Gasteiger partial charge in [-0.15, -0.1) is 0 Å². The zero-order chi connectivity index (χ0) is 14.5. The number of nitrogens with zero attached hydrogens (tertiary/aromatic N) is 2. The highest BCUT2D eigenvalue weighted by molar-refractivity contribution is 7.87. The van der Waals surface area contributed by atoms with Gasteiger partial charge in [-0.3, -0.25) is 4.21 Å². The molecule has 3 rings (SSSR count). The summed E-state index contributed by atoms with van der Waals surface area (Å²) < 4.78 is 18.2. The minimum Gasteiger partial charge on any atom is -0.462 e. The SMILES string of the molecule is Cc1ccc([S@](=O)[C@]23N=N[C@@H](C)[C@@]2(C)COC3=O)cc1. The largest absolute Gasteiger partial charge is 0.462 e. The van der Waals surface area contributed by atoms with Gasteiger partial charge in [0, 0.05) is 4.90 Å². The third-order valence-electron chi connectivity index (χ3n) is 4.35. The third-order valence-corrected chi connectivity index (χ3v) is 6.30. The van der Waals surface area contributed by atoms with Crippen molar-refractivity contribution in [2.75, 3.05) is 6.61 Å². The molecule has 6 heteroatoms. The Morgan fingerprint density at radius 2 is 2.00 bits per heavy atom. The molecule has 0 aliphatic carbocycles. The summed E-state index contributed by atoms with van der Waals surface area (Å²) >= 11 is 0. The molecule has 1 saturated heterocycles. The molecular weight excluding hydrogens is 276 g/mol. The summed E-state index contributed by atoms with van der Waals surface area (Å²) in [5.41, 5.74) is 0.418. The number of carbonyl (C=O) groups excluding carboxylic acids is 1. The topological polar surface area (TPSA) is 68.1 Å². The van der Waals surface area contributed by atoms with Crippen molar-refractivity contribution in [1.29, 1.82) is 0 Å². The summed E-state index contributed by atoms with van der Waals surface area (Å²) in [6, 6.07) is 7.09. The summed E-state index contributed by atoms with van der Waals surface area (Å²) in [5.74, 6) is -0.535. The Balaban J connectivity index is 2.11. The highest BCUT2D eigenvalue weighted by Crippen LogP contribution is 2.53. The predicted octanol–water partition coefficient (Wildman–Crippen LogP) is 2.22. The Morgan fingerprint density at radius 3 is 2.65 bits per heavy atom. The van der Waals surface area contributed by atoms with E-state index in [1.165, 1.54) is 0 Å². The first-order valence-corrected chi connectivity index (χ1v) is 7.64. The number of fused-ring (bicyclic) bond motifs is 1. The summed E-state index contributed by atoms with van der Waals surface area (Å²) in [7, 11) is -1.62. The maximum Gasteiger partial charge on any atom is 0.350 e. The third kappa shape index (κ3) is 1.48. The first-order valence-electron chi connectivity index (χ1n) is 6.49. The monoisotopic (exact) mass is 292 g/mol. The van der Waals surface area contributed by atoms with E-state index in [2.05, 4.69) is 10.2 Å². The number of hydrogen-bond donors (Lipinski definition) is 0. The quantitative estimate of drug-likeness (QED) is 0.785. The van der Waals surface area contributed by atoms with E-state index in [1.54, 1.807) is 12.1 Å². The van der Waals surface area contributed by atoms with Crippen LogP contribution in [-0.4, -0.2) is 27.7 Å². The summed E-state index contributed by atoms with van der Waals surface area (Å²) in [5, 5.41) is 8.22. The number of esters is 1. The Hall–Kier alpha value is -1.56. The zero-order valence-corrected chi connectivity index (χ0v) is 12.4. The van der Waals surface area contributed by atoms with Crippen LogP contribution in [0.2, 0.25) is 0 Å². The molecule has 0 radical (unpaired) electrons. The zero-order valence-electron chi connectivity index (χ0n) is 11.6. The number of aryl methyl sites for hydroxylation is 1. The standard InChI is InChI=1S/C14H16N2O3S/c1-9-4-6-11(7-5-9)20(18)14-12(17)19-8-13(14,3)10(2)15-16-14/h4-7,10H,8H2,1-3H3/t10-,13+,14-,20-/m0/s1. The van der Waals surface area contributed by atoms with Crippen LogP contribution in [0.3, 0.4) is 0 Å². The average Bonchev–Trinajstić information content (AvgIpc) is 2.85. The van der Waals surface area contributed by atoms with Gasteiger partial charge in [-0.2, -0.15) is 10.2 Å². The van der Waals surface area contributed by atoms with Crippen LogP contribution in [0.1, 0.15) is 19.4 Å². The van der Waals surface area contributed by atoms with Crippen molar-refractivity contribution in [3.8, 4) is 0 Å². The Kier molecular flexibility index (Phi) is 2.83. The van der Waals surface area contributed by atoms with Crippen molar-refractivity contribution >= 4 is 16.8 Å². The Labute approximate surface area is 119 Å². The number of azo groups is 1. The fourth-order valence-electron chi connectivity index (χ4n) is 2.66. The van der Waals surface area contributed by atoms with E-state index in [-0.39, 0.29) is 12.6 Å². The molecule has 4 atom stereocenters. The first kappa shape index (κ1) is 13.4. The second kappa shape index (κ2) is 4.22. The number of cyclic esters (lactones) is 1. The van der Waals surface area contributed by atoms with Crippen LogP contribution in [0.5, 0.6) is 0 Å². The summed E-state index contributed by atoms with van der Waals surface area (Å²) in [6.45, 7) is 5.90. The van der Waals surface area contributed by atoms with Crippen molar-refractivity contribution < 1.29 is 13.7 Å². The van der Waals surface area contributed by atoms with E-state index >= 15 is 0 Å². The second-order valence-electron chi connectivity index (χ2n) is 5.61. The van der Waals surface area contributed by atoms with Crippen LogP contribution in [0.25, 0.3) is 0 Å². The molecule has 106 valence electrons. The molecule has 2 aliphatic rings. The maximum atomic E-state index is 13.0. The summed E-state index contributed by atoms with van der Waals surface area (Å²) in [4.78, 5) is 11.4. The van der Waals surface area contributed by atoms with Gasteiger partial charge >= 0.3 is 5.97 Å². The van der Waals surface area contributed by atoms with Gasteiger partial charge in [0.25, 0.3) is 4.87 Å². The molecule has 0 aromatic heterocycles. The molecule has 2 heterocycles. The van der Waals surface area contributed by atoms with Crippen molar-refractivity contribution in [2.24, 2.45) is 15.6 Å². The van der Waals surface area contributed by atoms with Gasteiger partial charge in [-0.1, -0.05) is 24.6 Å². The van der Waals surface area contributed by atoms with Crippen LogP contribution in [0, 0.1) is 12.3 Å². The average molecular weight is 292 g/mol. The van der Waals surface area contributed by atoms with Crippen LogP contribution in [-0.2, 0) is 20.3 Å². The number of rotatable bonds is 2. The van der Waals surface area contributed by atoms with Gasteiger partial charge < -0.3 is 4.74 Å². The fraction of sp³-hybridized carbons (Fsp3) is 0.500. The molecule has 1 aromatic rings. The van der Waals surface area contributed by atoms with Crippen LogP contribution >= 0.6 is 0 Å². The maximum absolute atomic E-state index is 13.0. The van der Waals surface area contributed by atoms with Crippen molar-refractivity contribution in [2.45, 2.75) is 36.6 Å². The molecule has 5 nitrogen and oxygen atoms in total. The minimum atomic E-state index is -1.62. The Morgan fingerprint density at radius 1 is 1.35 bits per heavy atom. The molecule has 1 fully saturated rings. The molecule has 0 N–H and O–H groups in total. The van der Waals surface area contributed by atoms with E-state index in [0.717, 1.165) is 5.56 Å². The lowest BCUT2D eigenvalue weighted by molar-refractivity contribution is -0.140. The van der Waals surface area contributed by atoms with Gasteiger partial charge in [0.05, 0.1) is 22.3 Å². The first-order chi connectivity index (χ1) is 9.42. The Bertz CT molecular complexity index is 628. The van der Waals surface area contributed by atoms with E-state index in [1.807, 2.05) is 32.9 Å². The number of carbonyl (C=O) groups is 1. The van der Waals surface area contributed by atoms with Crippen LogP contribution in [0.15, 0.2) is 39.4 Å². The molecule has 1 aromatic carbocycles. The minimum absolute atomic E-state index is 0.191. The van der Waals surface area contributed by atoms with Gasteiger partial charge in [-0.25, -0.2) is 4.79 Å².